The van der Waals surface area contributed by atoms with Crippen LogP contribution in [0.1, 0.15) is 5.56 Å². The van der Waals surface area contributed by atoms with E-state index in [2.05, 4.69) is 22.9 Å². The Morgan fingerprint density at radius 1 is 1.06 bits per heavy atom. The SMILES string of the molecule is C=Cc1ccccc1Nc1nc2ccccc2s1. The van der Waals surface area contributed by atoms with Gasteiger partial charge < -0.3 is 5.32 Å². The number of hydrogen-bond donors (Lipinski definition) is 1. The Hall–Kier alpha value is -2.13. The molecule has 0 unspecified atom stereocenters. The van der Waals surface area contributed by atoms with Crippen molar-refractivity contribution in [1.82, 2.24) is 4.98 Å². The van der Waals surface area contributed by atoms with Crippen molar-refractivity contribution in [3.05, 3.63) is 60.7 Å². The molecule has 0 aliphatic heterocycles. The molecule has 0 amide bonds. The lowest BCUT2D eigenvalue weighted by molar-refractivity contribution is 1.44. The number of thiazole rings is 1. The molecule has 1 N–H and O–H groups in total. The second-order valence-electron chi connectivity index (χ2n) is 3.90. The second kappa shape index (κ2) is 4.63. The Morgan fingerprint density at radius 3 is 2.67 bits per heavy atom. The summed E-state index contributed by atoms with van der Waals surface area (Å²) < 4.78 is 1.19. The van der Waals surface area contributed by atoms with E-state index in [1.165, 1.54) is 4.70 Å². The van der Waals surface area contributed by atoms with Gasteiger partial charge in [0.05, 0.1) is 10.2 Å². The van der Waals surface area contributed by atoms with Gasteiger partial charge >= 0.3 is 0 Å². The number of nitrogens with zero attached hydrogens (tertiary/aromatic N) is 1. The van der Waals surface area contributed by atoms with Crippen LogP contribution in [0.3, 0.4) is 0 Å². The van der Waals surface area contributed by atoms with E-state index < -0.39 is 0 Å². The van der Waals surface area contributed by atoms with Gasteiger partial charge in [0.25, 0.3) is 0 Å². The summed E-state index contributed by atoms with van der Waals surface area (Å²) in [5, 5.41) is 4.26. The largest absolute Gasteiger partial charge is 0.331 e. The van der Waals surface area contributed by atoms with E-state index in [0.717, 1.165) is 21.9 Å². The highest BCUT2D eigenvalue weighted by Crippen LogP contribution is 2.29. The molecule has 3 rings (SSSR count). The number of benzene rings is 2. The molecule has 2 aromatic carbocycles. The van der Waals surface area contributed by atoms with Gasteiger partial charge in [0.2, 0.25) is 0 Å². The number of para-hydroxylation sites is 2. The summed E-state index contributed by atoms with van der Waals surface area (Å²) in [4.78, 5) is 4.56. The summed E-state index contributed by atoms with van der Waals surface area (Å²) in [6, 6.07) is 16.2. The molecule has 1 heterocycles. The quantitative estimate of drug-likeness (QED) is 0.732. The smallest absolute Gasteiger partial charge is 0.188 e. The number of rotatable bonds is 3. The summed E-state index contributed by atoms with van der Waals surface area (Å²) in [5.74, 6) is 0. The normalized spacial score (nSPS) is 10.4. The van der Waals surface area contributed by atoms with Crippen molar-refractivity contribution in [2.75, 3.05) is 5.32 Å². The molecule has 2 nitrogen and oxygen atoms in total. The number of aromatic nitrogens is 1. The highest BCUT2D eigenvalue weighted by atomic mass is 32.1. The van der Waals surface area contributed by atoms with Crippen LogP contribution in [0.5, 0.6) is 0 Å². The molecule has 0 radical (unpaired) electrons. The number of hydrogen-bond acceptors (Lipinski definition) is 3. The Balaban J connectivity index is 1.98. The van der Waals surface area contributed by atoms with E-state index in [1.807, 2.05) is 48.5 Å². The Morgan fingerprint density at radius 2 is 1.83 bits per heavy atom. The summed E-state index contributed by atoms with van der Waals surface area (Å²) >= 11 is 1.65. The summed E-state index contributed by atoms with van der Waals surface area (Å²) in [7, 11) is 0. The van der Waals surface area contributed by atoms with E-state index in [-0.39, 0.29) is 0 Å². The lowest BCUT2D eigenvalue weighted by atomic mass is 10.2. The van der Waals surface area contributed by atoms with Gasteiger partial charge in [-0.2, -0.15) is 0 Å². The molecule has 0 aliphatic carbocycles. The van der Waals surface area contributed by atoms with Crippen molar-refractivity contribution in [3.63, 3.8) is 0 Å². The highest BCUT2D eigenvalue weighted by Gasteiger charge is 2.04. The first-order chi connectivity index (χ1) is 8.86. The van der Waals surface area contributed by atoms with Crippen LogP contribution in [0.25, 0.3) is 16.3 Å². The van der Waals surface area contributed by atoms with E-state index in [4.69, 9.17) is 0 Å². The zero-order valence-corrected chi connectivity index (χ0v) is 10.6. The maximum absolute atomic E-state index is 4.56. The number of fused-ring (bicyclic) bond motifs is 1. The van der Waals surface area contributed by atoms with Crippen LogP contribution in [0, 0.1) is 0 Å². The summed E-state index contributed by atoms with van der Waals surface area (Å²) in [5.41, 5.74) is 3.14. The number of anilines is 2. The molecule has 3 aromatic rings. The topological polar surface area (TPSA) is 24.9 Å². The minimum atomic E-state index is 0.908. The molecule has 0 atom stereocenters. The summed E-state index contributed by atoms with van der Waals surface area (Å²) in [6.07, 6.45) is 1.84. The van der Waals surface area contributed by atoms with Gasteiger partial charge in [-0.3, -0.25) is 0 Å². The van der Waals surface area contributed by atoms with E-state index in [0.29, 0.717) is 0 Å². The van der Waals surface area contributed by atoms with Gasteiger partial charge in [-0.05, 0) is 23.8 Å². The lowest BCUT2D eigenvalue weighted by Crippen LogP contribution is -1.91. The van der Waals surface area contributed by atoms with Crippen LogP contribution in [0.15, 0.2) is 55.1 Å². The fourth-order valence-corrected chi connectivity index (χ4v) is 2.71. The second-order valence-corrected chi connectivity index (χ2v) is 4.93. The Labute approximate surface area is 110 Å². The van der Waals surface area contributed by atoms with Gasteiger partial charge in [0, 0.05) is 5.69 Å². The third-order valence-corrected chi connectivity index (χ3v) is 3.67. The van der Waals surface area contributed by atoms with Crippen molar-refractivity contribution in [3.8, 4) is 0 Å². The minimum Gasteiger partial charge on any atom is -0.331 e. The zero-order valence-electron chi connectivity index (χ0n) is 9.76. The Bertz CT molecular complexity index is 667. The minimum absolute atomic E-state index is 0.908. The lowest BCUT2D eigenvalue weighted by Gasteiger charge is -2.05. The van der Waals surface area contributed by atoms with Gasteiger partial charge in [-0.1, -0.05) is 54.3 Å². The molecule has 3 heteroatoms. The molecule has 0 saturated carbocycles. The van der Waals surface area contributed by atoms with E-state index in [1.54, 1.807) is 11.3 Å². The molecular weight excluding hydrogens is 240 g/mol. The van der Waals surface area contributed by atoms with Crippen molar-refractivity contribution in [1.29, 1.82) is 0 Å². The predicted molar refractivity (Wildman–Crippen MR) is 79.4 cm³/mol. The van der Waals surface area contributed by atoms with Crippen LogP contribution in [-0.4, -0.2) is 4.98 Å². The third kappa shape index (κ3) is 2.00. The molecule has 1 aromatic heterocycles. The Kier molecular flexibility index (Phi) is 2.82. The van der Waals surface area contributed by atoms with Crippen LogP contribution < -0.4 is 5.32 Å². The molecule has 0 aliphatic rings. The summed E-state index contributed by atoms with van der Waals surface area (Å²) in [6.45, 7) is 3.82. The maximum Gasteiger partial charge on any atom is 0.188 e. The van der Waals surface area contributed by atoms with Crippen LogP contribution in [0.2, 0.25) is 0 Å². The van der Waals surface area contributed by atoms with Crippen molar-refractivity contribution >= 4 is 38.4 Å². The van der Waals surface area contributed by atoms with Crippen molar-refractivity contribution in [2.24, 2.45) is 0 Å². The standard InChI is InChI=1S/C15H12N2S/c1-2-11-7-3-4-8-12(11)16-15-17-13-9-5-6-10-14(13)18-15/h2-10H,1H2,(H,16,17). The highest BCUT2D eigenvalue weighted by molar-refractivity contribution is 7.22. The first kappa shape index (κ1) is 11.0. The fourth-order valence-electron chi connectivity index (χ4n) is 1.83. The zero-order chi connectivity index (χ0) is 12.4. The molecular formula is C15H12N2S. The molecule has 0 saturated heterocycles. The van der Waals surface area contributed by atoms with Gasteiger partial charge in [-0.25, -0.2) is 4.98 Å². The first-order valence-corrected chi connectivity index (χ1v) is 6.52. The fraction of sp³-hybridized carbons (Fsp3) is 0. The molecule has 18 heavy (non-hydrogen) atoms. The average Bonchev–Trinajstić information content (AvgIpc) is 2.81. The third-order valence-electron chi connectivity index (χ3n) is 2.72. The molecule has 0 spiro atoms. The van der Waals surface area contributed by atoms with Crippen molar-refractivity contribution < 1.29 is 0 Å². The maximum atomic E-state index is 4.56. The molecule has 88 valence electrons. The van der Waals surface area contributed by atoms with Gasteiger partial charge in [0.15, 0.2) is 5.13 Å². The van der Waals surface area contributed by atoms with Gasteiger partial charge in [0.1, 0.15) is 0 Å². The molecule has 0 bridgehead atoms. The van der Waals surface area contributed by atoms with Gasteiger partial charge in [-0.15, -0.1) is 0 Å². The number of nitrogens with one attached hydrogen (secondary N) is 1. The average molecular weight is 252 g/mol. The van der Waals surface area contributed by atoms with Crippen LogP contribution in [-0.2, 0) is 0 Å². The molecule has 0 fully saturated rings. The first-order valence-electron chi connectivity index (χ1n) is 5.71. The van der Waals surface area contributed by atoms with E-state index in [9.17, 15) is 0 Å². The van der Waals surface area contributed by atoms with Crippen LogP contribution in [0.4, 0.5) is 10.8 Å². The predicted octanol–water partition coefficient (Wildman–Crippen LogP) is 4.68. The van der Waals surface area contributed by atoms with E-state index >= 15 is 0 Å². The monoisotopic (exact) mass is 252 g/mol. The van der Waals surface area contributed by atoms with Crippen LogP contribution >= 0.6 is 11.3 Å². The van der Waals surface area contributed by atoms with Crippen molar-refractivity contribution in [2.45, 2.75) is 0 Å².